The SMILES string of the molecule is CN(CC(=O)Nc1cc(C(F)(F)F)ccc1N1CCCC1)Cc1cccs1. The lowest BCUT2D eigenvalue weighted by Crippen LogP contribution is -2.30. The van der Waals surface area contributed by atoms with Crippen molar-refractivity contribution in [1.29, 1.82) is 0 Å². The van der Waals surface area contributed by atoms with Crippen molar-refractivity contribution in [3.63, 3.8) is 0 Å². The molecule has 8 heteroatoms. The summed E-state index contributed by atoms with van der Waals surface area (Å²) in [5.74, 6) is -0.325. The molecule has 0 saturated carbocycles. The van der Waals surface area contributed by atoms with Crippen molar-refractivity contribution >= 4 is 28.6 Å². The first-order valence-electron chi connectivity index (χ1n) is 8.80. The summed E-state index contributed by atoms with van der Waals surface area (Å²) in [4.78, 5) is 17.4. The van der Waals surface area contributed by atoms with Crippen molar-refractivity contribution in [3.8, 4) is 0 Å². The Kier molecular flexibility index (Phi) is 6.06. The van der Waals surface area contributed by atoms with E-state index in [4.69, 9.17) is 0 Å². The van der Waals surface area contributed by atoms with E-state index < -0.39 is 11.7 Å². The number of nitrogens with one attached hydrogen (secondary N) is 1. The molecule has 2 heterocycles. The lowest BCUT2D eigenvalue weighted by Gasteiger charge is -2.23. The van der Waals surface area contributed by atoms with Crippen molar-refractivity contribution in [2.75, 3.05) is 36.9 Å². The summed E-state index contributed by atoms with van der Waals surface area (Å²) in [6.07, 6.45) is -2.45. The normalized spacial score (nSPS) is 14.8. The molecule has 0 atom stereocenters. The second-order valence-corrected chi connectivity index (χ2v) is 7.76. The van der Waals surface area contributed by atoms with Gasteiger partial charge in [0, 0.05) is 24.5 Å². The zero-order valence-corrected chi connectivity index (χ0v) is 15.9. The smallest absolute Gasteiger partial charge is 0.370 e. The van der Waals surface area contributed by atoms with Crippen molar-refractivity contribution in [2.24, 2.45) is 0 Å². The van der Waals surface area contributed by atoms with Crippen LogP contribution in [0.4, 0.5) is 24.5 Å². The van der Waals surface area contributed by atoms with Crippen LogP contribution in [0.2, 0.25) is 0 Å². The fourth-order valence-corrected chi connectivity index (χ4v) is 3.99. The Labute approximate surface area is 160 Å². The average Bonchev–Trinajstić information content (AvgIpc) is 3.27. The molecule has 0 aliphatic carbocycles. The number of carbonyl (C=O) groups is 1. The van der Waals surface area contributed by atoms with Crippen LogP contribution in [-0.2, 0) is 17.5 Å². The maximum absolute atomic E-state index is 13.1. The largest absolute Gasteiger partial charge is 0.416 e. The third-order valence-electron chi connectivity index (χ3n) is 4.46. The van der Waals surface area contributed by atoms with Crippen molar-refractivity contribution in [1.82, 2.24) is 4.90 Å². The highest BCUT2D eigenvalue weighted by atomic mass is 32.1. The summed E-state index contributed by atoms with van der Waals surface area (Å²) in [5, 5.41) is 4.66. The first kappa shape index (κ1) is 19.7. The van der Waals surface area contributed by atoms with Crippen LogP contribution in [0.25, 0.3) is 0 Å². The van der Waals surface area contributed by atoms with Gasteiger partial charge in [-0.25, -0.2) is 0 Å². The Morgan fingerprint density at radius 1 is 1.26 bits per heavy atom. The van der Waals surface area contributed by atoms with E-state index in [0.29, 0.717) is 12.2 Å². The van der Waals surface area contributed by atoms with Gasteiger partial charge >= 0.3 is 6.18 Å². The summed E-state index contributed by atoms with van der Waals surface area (Å²) in [7, 11) is 1.81. The molecule has 0 unspecified atom stereocenters. The summed E-state index contributed by atoms with van der Waals surface area (Å²) < 4.78 is 39.3. The molecule has 0 bridgehead atoms. The standard InChI is InChI=1S/C19H22F3N3OS/c1-24(12-15-5-4-10-27-15)13-18(26)23-16-11-14(19(20,21)22)6-7-17(16)25-8-2-3-9-25/h4-7,10-11H,2-3,8-9,12-13H2,1H3,(H,23,26). The van der Waals surface area contributed by atoms with Crippen molar-refractivity contribution < 1.29 is 18.0 Å². The maximum atomic E-state index is 13.1. The molecule has 1 amide bonds. The van der Waals surface area contributed by atoms with Gasteiger partial charge in [-0.15, -0.1) is 11.3 Å². The van der Waals surface area contributed by atoms with E-state index in [1.165, 1.54) is 6.07 Å². The molecule has 3 rings (SSSR count). The summed E-state index contributed by atoms with van der Waals surface area (Å²) in [6.45, 7) is 2.29. The number of hydrogen-bond donors (Lipinski definition) is 1. The van der Waals surface area contributed by atoms with E-state index in [1.807, 2.05) is 34.4 Å². The Morgan fingerprint density at radius 2 is 2.00 bits per heavy atom. The highest BCUT2D eigenvalue weighted by Gasteiger charge is 2.32. The van der Waals surface area contributed by atoms with E-state index in [9.17, 15) is 18.0 Å². The van der Waals surface area contributed by atoms with Crippen LogP contribution in [0.1, 0.15) is 23.3 Å². The van der Waals surface area contributed by atoms with Crippen LogP contribution in [0, 0.1) is 0 Å². The van der Waals surface area contributed by atoms with Gasteiger partial charge in [-0.05, 0) is 49.5 Å². The number of thiophene rings is 1. The fourth-order valence-electron chi connectivity index (χ4n) is 3.21. The minimum Gasteiger partial charge on any atom is -0.370 e. The third kappa shape index (κ3) is 5.23. The lowest BCUT2D eigenvalue weighted by atomic mass is 10.1. The number of carbonyl (C=O) groups excluding carboxylic acids is 1. The molecular weight excluding hydrogens is 375 g/mol. The minimum atomic E-state index is -4.45. The molecular formula is C19H22F3N3OS. The molecule has 27 heavy (non-hydrogen) atoms. The quantitative estimate of drug-likeness (QED) is 0.783. The van der Waals surface area contributed by atoms with E-state index in [2.05, 4.69) is 5.32 Å². The Balaban J connectivity index is 1.73. The number of benzene rings is 1. The molecule has 1 aromatic carbocycles. The predicted molar refractivity (Wildman–Crippen MR) is 102 cm³/mol. The van der Waals surface area contributed by atoms with E-state index in [0.717, 1.165) is 42.9 Å². The van der Waals surface area contributed by atoms with Crippen molar-refractivity contribution in [2.45, 2.75) is 25.6 Å². The van der Waals surface area contributed by atoms with E-state index >= 15 is 0 Å². The summed E-state index contributed by atoms with van der Waals surface area (Å²) in [5.41, 5.74) is 0.115. The maximum Gasteiger partial charge on any atom is 0.416 e. The summed E-state index contributed by atoms with van der Waals surface area (Å²) in [6, 6.07) is 7.49. The topological polar surface area (TPSA) is 35.6 Å². The van der Waals surface area contributed by atoms with Gasteiger partial charge in [0.2, 0.25) is 5.91 Å². The second-order valence-electron chi connectivity index (χ2n) is 6.72. The molecule has 1 aliphatic rings. The number of halogens is 3. The second kappa shape index (κ2) is 8.31. The Hall–Kier alpha value is -2.06. The summed E-state index contributed by atoms with van der Waals surface area (Å²) >= 11 is 1.60. The molecule has 2 aromatic rings. The Bertz CT molecular complexity index is 771. The van der Waals surface area contributed by atoms with Gasteiger partial charge < -0.3 is 10.2 Å². The third-order valence-corrected chi connectivity index (χ3v) is 5.33. The average molecular weight is 397 g/mol. The number of hydrogen-bond acceptors (Lipinski definition) is 4. The van der Waals surface area contributed by atoms with Crippen LogP contribution in [0.5, 0.6) is 0 Å². The number of nitrogens with zero attached hydrogens (tertiary/aromatic N) is 2. The van der Waals surface area contributed by atoms with Gasteiger partial charge in [0.25, 0.3) is 0 Å². The predicted octanol–water partition coefficient (Wildman–Crippen LogP) is 4.44. The molecule has 1 aromatic heterocycles. The molecule has 1 N–H and O–H groups in total. The first-order chi connectivity index (χ1) is 12.8. The highest BCUT2D eigenvalue weighted by Crippen LogP contribution is 2.36. The van der Waals surface area contributed by atoms with Gasteiger partial charge in [-0.3, -0.25) is 9.69 Å². The lowest BCUT2D eigenvalue weighted by molar-refractivity contribution is -0.137. The van der Waals surface area contributed by atoms with Crippen LogP contribution in [-0.4, -0.2) is 37.5 Å². The van der Waals surface area contributed by atoms with Gasteiger partial charge in [-0.1, -0.05) is 6.07 Å². The van der Waals surface area contributed by atoms with E-state index in [-0.39, 0.29) is 18.1 Å². The number of amides is 1. The number of anilines is 2. The van der Waals surface area contributed by atoms with Gasteiger partial charge in [0.15, 0.2) is 0 Å². The van der Waals surface area contributed by atoms with Crippen molar-refractivity contribution in [3.05, 3.63) is 46.2 Å². The minimum absolute atomic E-state index is 0.105. The number of alkyl halides is 3. The van der Waals surface area contributed by atoms with Crippen LogP contribution < -0.4 is 10.2 Å². The first-order valence-corrected chi connectivity index (χ1v) is 9.68. The molecule has 1 fully saturated rings. The molecule has 0 spiro atoms. The van der Waals surface area contributed by atoms with Crippen LogP contribution in [0.15, 0.2) is 35.7 Å². The molecule has 146 valence electrons. The van der Waals surface area contributed by atoms with Crippen LogP contribution in [0.3, 0.4) is 0 Å². The molecule has 1 saturated heterocycles. The van der Waals surface area contributed by atoms with Gasteiger partial charge in [0.1, 0.15) is 0 Å². The molecule has 1 aliphatic heterocycles. The number of rotatable bonds is 6. The van der Waals surface area contributed by atoms with Crippen LogP contribution >= 0.6 is 11.3 Å². The molecule has 0 radical (unpaired) electrons. The fraction of sp³-hybridized carbons (Fsp3) is 0.421. The van der Waals surface area contributed by atoms with Gasteiger partial charge in [-0.2, -0.15) is 13.2 Å². The highest BCUT2D eigenvalue weighted by molar-refractivity contribution is 7.09. The monoisotopic (exact) mass is 397 g/mol. The zero-order chi connectivity index (χ0) is 19.4. The zero-order valence-electron chi connectivity index (χ0n) is 15.1. The van der Waals surface area contributed by atoms with E-state index in [1.54, 1.807) is 11.3 Å². The van der Waals surface area contributed by atoms with Gasteiger partial charge in [0.05, 0.1) is 23.5 Å². The molecule has 4 nitrogen and oxygen atoms in total. The number of likely N-dealkylation sites (N-methyl/N-ethyl adjacent to an activating group) is 1. The Morgan fingerprint density at radius 3 is 2.63 bits per heavy atom.